The number of anilines is 3. The number of benzene rings is 1. The molecule has 70 valence electrons. The Labute approximate surface area is 77.2 Å². The maximum absolute atomic E-state index is 9.69. The Morgan fingerprint density at radius 3 is 2.54 bits per heavy atom. The summed E-state index contributed by atoms with van der Waals surface area (Å²) in [5, 5.41) is 9.69. The summed E-state index contributed by atoms with van der Waals surface area (Å²) in [7, 11) is 3.69. The molecule has 0 aromatic heterocycles. The summed E-state index contributed by atoms with van der Waals surface area (Å²) < 4.78 is 0. The molecule has 1 atom stereocenters. The third-order valence-electron chi connectivity index (χ3n) is 2.45. The van der Waals surface area contributed by atoms with Gasteiger partial charge in [0, 0.05) is 19.8 Å². The third-order valence-corrected chi connectivity index (χ3v) is 2.45. The molecule has 4 nitrogen and oxygen atoms in total. The normalized spacial score (nSPS) is 20.7. The quantitative estimate of drug-likeness (QED) is 0.567. The van der Waals surface area contributed by atoms with E-state index in [0.717, 1.165) is 11.4 Å². The van der Waals surface area contributed by atoms with Crippen LogP contribution in [0.5, 0.6) is 0 Å². The Kier molecular flexibility index (Phi) is 1.60. The SMILES string of the molecule is CN1c2ccc(N)cc2N(C)C1O. The first-order valence-corrected chi connectivity index (χ1v) is 4.14. The predicted molar refractivity (Wildman–Crippen MR) is 53.7 cm³/mol. The average molecular weight is 179 g/mol. The molecule has 0 amide bonds. The zero-order chi connectivity index (χ0) is 9.59. The monoisotopic (exact) mass is 179 g/mol. The molecule has 1 aromatic carbocycles. The first kappa shape index (κ1) is 8.19. The van der Waals surface area contributed by atoms with Crippen molar-refractivity contribution in [1.82, 2.24) is 0 Å². The van der Waals surface area contributed by atoms with Crippen LogP contribution in [0.3, 0.4) is 0 Å². The van der Waals surface area contributed by atoms with Gasteiger partial charge in [0.25, 0.3) is 0 Å². The second-order valence-electron chi connectivity index (χ2n) is 3.32. The van der Waals surface area contributed by atoms with Crippen LogP contribution in [0, 0.1) is 0 Å². The van der Waals surface area contributed by atoms with Crippen molar-refractivity contribution in [3.8, 4) is 0 Å². The Bertz CT molecular complexity index is 340. The summed E-state index contributed by atoms with van der Waals surface area (Å²) in [5.41, 5.74) is 8.34. The number of aliphatic hydroxyl groups is 1. The van der Waals surface area contributed by atoms with Crippen molar-refractivity contribution in [3.05, 3.63) is 18.2 Å². The van der Waals surface area contributed by atoms with Gasteiger partial charge < -0.3 is 20.6 Å². The van der Waals surface area contributed by atoms with Crippen LogP contribution in [0.1, 0.15) is 0 Å². The zero-order valence-electron chi connectivity index (χ0n) is 7.73. The smallest absolute Gasteiger partial charge is 0.207 e. The van der Waals surface area contributed by atoms with Crippen LogP contribution >= 0.6 is 0 Å². The third kappa shape index (κ3) is 1.02. The fraction of sp³-hybridized carbons (Fsp3) is 0.333. The van der Waals surface area contributed by atoms with Gasteiger partial charge in [-0.1, -0.05) is 0 Å². The van der Waals surface area contributed by atoms with Crippen molar-refractivity contribution in [2.75, 3.05) is 29.6 Å². The van der Waals surface area contributed by atoms with Gasteiger partial charge in [-0.2, -0.15) is 0 Å². The molecule has 4 heteroatoms. The number of nitrogens with zero attached hydrogens (tertiary/aromatic N) is 2. The second kappa shape index (κ2) is 2.53. The Morgan fingerprint density at radius 2 is 1.85 bits per heavy atom. The zero-order valence-corrected chi connectivity index (χ0v) is 7.73. The number of fused-ring (bicyclic) bond motifs is 1. The number of nitrogens with two attached hydrogens (primary N) is 1. The molecular weight excluding hydrogens is 166 g/mol. The highest BCUT2D eigenvalue weighted by Crippen LogP contribution is 2.37. The molecule has 1 aromatic rings. The largest absolute Gasteiger partial charge is 0.399 e. The van der Waals surface area contributed by atoms with Gasteiger partial charge in [0.15, 0.2) is 0 Å². The summed E-state index contributed by atoms with van der Waals surface area (Å²) in [4.78, 5) is 3.58. The van der Waals surface area contributed by atoms with Gasteiger partial charge in [-0.15, -0.1) is 0 Å². The molecule has 1 unspecified atom stereocenters. The van der Waals surface area contributed by atoms with E-state index >= 15 is 0 Å². The van der Waals surface area contributed by atoms with Crippen molar-refractivity contribution in [1.29, 1.82) is 0 Å². The molecule has 13 heavy (non-hydrogen) atoms. The maximum atomic E-state index is 9.69. The van der Waals surface area contributed by atoms with Crippen LogP contribution in [0.15, 0.2) is 18.2 Å². The van der Waals surface area contributed by atoms with Gasteiger partial charge in [-0.05, 0) is 18.2 Å². The van der Waals surface area contributed by atoms with E-state index in [9.17, 15) is 5.11 Å². The predicted octanol–water partition coefficient (Wildman–Crippen LogP) is 0.431. The fourth-order valence-electron chi connectivity index (χ4n) is 1.63. The molecular formula is C9H13N3O. The lowest BCUT2D eigenvalue weighted by Crippen LogP contribution is -2.38. The van der Waals surface area contributed by atoms with E-state index in [2.05, 4.69) is 0 Å². The minimum Gasteiger partial charge on any atom is -0.399 e. The van der Waals surface area contributed by atoms with Crippen LogP contribution < -0.4 is 15.5 Å². The molecule has 1 aliphatic rings. The van der Waals surface area contributed by atoms with E-state index in [0.29, 0.717) is 5.69 Å². The van der Waals surface area contributed by atoms with Gasteiger partial charge in [0.05, 0.1) is 11.4 Å². The van der Waals surface area contributed by atoms with E-state index < -0.39 is 6.35 Å². The molecule has 0 radical (unpaired) electrons. The lowest BCUT2D eigenvalue weighted by atomic mass is 10.2. The molecule has 2 rings (SSSR count). The summed E-state index contributed by atoms with van der Waals surface area (Å²) in [5.74, 6) is 0. The molecule has 0 spiro atoms. The van der Waals surface area contributed by atoms with Crippen LogP contribution in [-0.2, 0) is 0 Å². The summed E-state index contributed by atoms with van der Waals surface area (Å²) in [6.45, 7) is 0. The molecule has 0 saturated carbocycles. The molecule has 0 bridgehead atoms. The Hall–Kier alpha value is -1.42. The van der Waals surface area contributed by atoms with E-state index in [-0.39, 0.29) is 0 Å². The van der Waals surface area contributed by atoms with Gasteiger partial charge in [-0.3, -0.25) is 0 Å². The van der Waals surface area contributed by atoms with Gasteiger partial charge in [0.1, 0.15) is 0 Å². The number of aliphatic hydroxyl groups excluding tert-OH is 1. The van der Waals surface area contributed by atoms with Crippen LogP contribution in [0.4, 0.5) is 17.1 Å². The number of rotatable bonds is 0. The van der Waals surface area contributed by atoms with E-state index in [1.165, 1.54) is 0 Å². The van der Waals surface area contributed by atoms with Crippen LogP contribution in [0.2, 0.25) is 0 Å². The Balaban J connectivity index is 2.54. The summed E-state index contributed by atoms with van der Waals surface area (Å²) >= 11 is 0. The summed E-state index contributed by atoms with van der Waals surface area (Å²) in [6, 6.07) is 5.61. The second-order valence-corrected chi connectivity index (χ2v) is 3.32. The highest BCUT2D eigenvalue weighted by Gasteiger charge is 2.28. The highest BCUT2D eigenvalue weighted by molar-refractivity contribution is 5.79. The molecule has 0 fully saturated rings. The molecule has 1 heterocycles. The lowest BCUT2D eigenvalue weighted by molar-refractivity contribution is 0.183. The topological polar surface area (TPSA) is 52.7 Å². The standard InChI is InChI=1S/C9H13N3O/c1-11-7-4-3-6(10)5-8(7)12(2)9(11)13/h3-5,9,13H,10H2,1-2H3. The number of hydrogen-bond acceptors (Lipinski definition) is 4. The van der Waals surface area contributed by atoms with Gasteiger partial charge >= 0.3 is 0 Å². The number of hydrogen-bond donors (Lipinski definition) is 2. The van der Waals surface area contributed by atoms with E-state index in [1.54, 1.807) is 9.80 Å². The first-order chi connectivity index (χ1) is 6.11. The summed E-state index contributed by atoms with van der Waals surface area (Å²) in [6.07, 6.45) is -0.586. The first-order valence-electron chi connectivity index (χ1n) is 4.14. The van der Waals surface area contributed by atoms with Crippen molar-refractivity contribution in [2.24, 2.45) is 0 Å². The van der Waals surface area contributed by atoms with E-state index in [4.69, 9.17) is 5.73 Å². The van der Waals surface area contributed by atoms with Crippen molar-refractivity contribution < 1.29 is 5.11 Å². The van der Waals surface area contributed by atoms with Gasteiger partial charge in [-0.25, -0.2) is 0 Å². The van der Waals surface area contributed by atoms with Gasteiger partial charge in [0.2, 0.25) is 6.35 Å². The van der Waals surface area contributed by atoms with E-state index in [1.807, 2.05) is 32.3 Å². The minimum atomic E-state index is -0.586. The average Bonchev–Trinajstić information content (AvgIpc) is 2.32. The highest BCUT2D eigenvalue weighted by atomic mass is 16.3. The molecule has 0 saturated heterocycles. The Morgan fingerprint density at radius 1 is 1.23 bits per heavy atom. The van der Waals surface area contributed by atoms with Crippen molar-refractivity contribution >= 4 is 17.1 Å². The lowest BCUT2D eigenvalue weighted by Gasteiger charge is -2.21. The molecule has 3 N–H and O–H groups in total. The molecule has 0 aliphatic carbocycles. The van der Waals surface area contributed by atoms with Crippen molar-refractivity contribution in [2.45, 2.75) is 6.35 Å². The fourth-order valence-corrected chi connectivity index (χ4v) is 1.63. The number of nitrogen functional groups attached to an aromatic ring is 1. The van der Waals surface area contributed by atoms with Crippen molar-refractivity contribution in [3.63, 3.8) is 0 Å². The van der Waals surface area contributed by atoms with Crippen LogP contribution in [-0.4, -0.2) is 25.6 Å². The minimum absolute atomic E-state index is 0.586. The molecule has 1 aliphatic heterocycles. The van der Waals surface area contributed by atoms with Crippen LogP contribution in [0.25, 0.3) is 0 Å². The maximum Gasteiger partial charge on any atom is 0.207 e.